The Kier molecular flexibility index (Phi) is 3.91. The monoisotopic (exact) mass is 184 g/mol. The van der Waals surface area contributed by atoms with Crippen LogP contribution in [0.1, 0.15) is 46.0 Å². The highest BCUT2D eigenvalue weighted by molar-refractivity contribution is 5.62. The maximum absolute atomic E-state index is 10.9. The summed E-state index contributed by atoms with van der Waals surface area (Å²) >= 11 is 0. The van der Waals surface area contributed by atoms with E-state index in [2.05, 4.69) is 6.92 Å². The lowest BCUT2D eigenvalue weighted by molar-refractivity contribution is -0.136. The third kappa shape index (κ3) is 2.53. The van der Waals surface area contributed by atoms with Crippen LogP contribution in [-0.4, -0.2) is 18.5 Å². The van der Waals surface area contributed by atoms with E-state index in [1.807, 2.05) is 6.92 Å². The predicted molar refractivity (Wildman–Crippen MR) is 52.7 cm³/mol. The van der Waals surface area contributed by atoms with Gasteiger partial charge < -0.3 is 9.53 Å². The van der Waals surface area contributed by atoms with Crippen molar-refractivity contribution in [3.8, 4) is 0 Å². The van der Waals surface area contributed by atoms with Crippen LogP contribution in [0.2, 0.25) is 0 Å². The van der Waals surface area contributed by atoms with Gasteiger partial charge in [-0.05, 0) is 38.5 Å². The van der Waals surface area contributed by atoms with E-state index in [1.54, 1.807) is 0 Å². The van der Waals surface area contributed by atoms with Gasteiger partial charge in [-0.2, -0.15) is 0 Å². The smallest absolute Gasteiger partial charge is 0.151 e. The van der Waals surface area contributed by atoms with E-state index in [9.17, 15) is 4.79 Å². The van der Waals surface area contributed by atoms with Crippen LogP contribution in [0.5, 0.6) is 0 Å². The average molecular weight is 184 g/mol. The summed E-state index contributed by atoms with van der Waals surface area (Å²) in [4.78, 5) is 10.9. The second-order valence-electron chi connectivity index (χ2n) is 3.97. The quantitative estimate of drug-likeness (QED) is 0.628. The summed E-state index contributed by atoms with van der Waals surface area (Å²) in [6.07, 6.45) is 6.39. The average Bonchev–Trinajstić information content (AvgIpc) is 2.19. The van der Waals surface area contributed by atoms with E-state index in [0.29, 0.717) is 6.61 Å². The van der Waals surface area contributed by atoms with Crippen molar-refractivity contribution in [2.24, 2.45) is 5.92 Å². The molecule has 0 N–H and O–H groups in total. The number of carbonyl (C=O) groups is 1. The molecule has 0 aromatic rings. The number of carbonyl (C=O) groups excluding carboxylic acids is 1. The highest BCUT2D eigenvalue weighted by atomic mass is 16.5. The van der Waals surface area contributed by atoms with Crippen LogP contribution < -0.4 is 0 Å². The first-order valence-electron chi connectivity index (χ1n) is 5.36. The van der Waals surface area contributed by atoms with Crippen molar-refractivity contribution in [3.63, 3.8) is 0 Å². The molecule has 0 heterocycles. The van der Waals surface area contributed by atoms with Crippen LogP contribution >= 0.6 is 0 Å². The molecule has 0 atom stereocenters. The summed E-state index contributed by atoms with van der Waals surface area (Å²) in [6, 6.07) is 0. The fraction of sp³-hybridized carbons (Fsp3) is 0.909. The van der Waals surface area contributed by atoms with Crippen LogP contribution in [0.25, 0.3) is 0 Å². The molecular formula is C11H20O2. The Morgan fingerprint density at radius 2 is 2.00 bits per heavy atom. The lowest BCUT2D eigenvalue weighted by atomic mass is 9.78. The Balaban J connectivity index is 2.47. The molecule has 2 nitrogen and oxygen atoms in total. The molecule has 1 fully saturated rings. The SMILES string of the molecule is CCOC1(C=O)CCC(CC)CC1. The lowest BCUT2D eigenvalue weighted by Crippen LogP contribution is -2.38. The van der Waals surface area contributed by atoms with Crippen molar-refractivity contribution in [3.05, 3.63) is 0 Å². The van der Waals surface area contributed by atoms with Gasteiger partial charge in [0.1, 0.15) is 5.60 Å². The Labute approximate surface area is 80.7 Å². The summed E-state index contributed by atoms with van der Waals surface area (Å²) < 4.78 is 5.54. The maximum Gasteiger partial charge on any atom is 0.151 e. The fourth-order valence-electron chi connectivity index (χ4n) is 2.16. The van der Waals surface area contributed by atoms with Crippen LogP contribution in [0.4, 0.5) is 0 Å². The van der Waals surface area contributed by atoms with Gasteiger partial charge in [-0.3, -0.25) is 0 Å². The molecule has 0 spiro atoms. The second kappa shape index (κ2) is 4.75. The number of rotatable bonds is 4. The third-order valence-corrected chi connectivity index (χ3v) is 3.18. The fourth-order valence-corrected chi connectivity index (χ4v) is 2.16. The molecule has 1 rings (SSSR count). The molecule has 0 saturated heterocycles. The van der Waals surface area contributed by atoms with Crippen LogP contribution in [0.15, 0.2) is 0 Å². The molecule has 0 unspecified atom stereocenters. The van der Waals surface area contributed by atoms with Crippen molar-refractivity contribution in [2.45, 2.75) is 51.6 Å². The second-order valence-corrected chi connectivity index (χ2v) is 3.97. The minimum atomic E-state index is -0.430. The van der Waals surface area contributed by atoms with Gasteiger partial charge in [0.15, 0.2) is 6.29 Å². The molecule has 0 aromatic heterocycles. The molecule has 1 aliphatic carbocycles. The van der Waals surface area contributed by atoms with Gasteiger partial charge in [0.25, 0.3) is 0 Å². The highest BCUT2D eigenvalue weighted by Gasteiger charge is 2.34. The summed E-state index contributed by atoms with van der Waals surface area (Å²) in [7, 11) is 0. The van der Waals surface area contributed by atoms with Gasteiger partial charge in [0.05, 0.1) is 0 Å². The van der Waals surface area contributed by atoms with E-state index in [0.717, 1.165) is 37.9 Å². The Hall–Kier alpha value is -0.370. The molecule has 13 heavy (non-hydrogen) atoms. The Morgan fingerprint density at radius 1 is 1.38 bits per heavy atom. The molecule has 1 aliphatic rings. The number of aldehydes is 1. The largest absolute Gasteiger partial charge is 0.368 e. The summed E-state index contributed by atoms with van der Waals surface area (Å²) in [6.45, 7) is 4.83. The topological polar surface area (TPSA) is 26.3 Å². The van der Waals surface area contributed by atoms with E-state index < -0.39 is 5.60 Å². The first-order valence-corrected chi connectivity index (χ1v) is 5.36. The molecule has 0 aliphatic heterocycles. The molecule has 0 radical (unpaired) electrons. The molecule has 0 amide bonds. The molecule has 0 aromatic carbocycles. The van der Waals surface area contributed by atoms with Gasteiger partial charge in [0.2, 0.25) is 0 Å². The molecule has 1 saturated carbocycles. The number of hydrogen-bond donors (Lipinski definition) is 0. The standard InChI is InChI=1S/C11H20O2/c1-3-10-5-7-11(9-12,8-6-10)13-4-2/h9-10H,3-8H2,1-2H3. The predicted octanol–water partition coefficient (Wildman–Crippen LogP) is 2.56. The van der Waals surface area contributed by atoms with Gasteiger partial charge in [-0.1, -0.05) is 13.3 Å². The maximum atomic E-state index is 10.9. The first kappa shape index (κ1) is 10.7. The third-order valence-electron chi connectivity index (χ3n) is 3.18. The van der Waals surface area contributed by atoms with Gasteiger partial charge >= 0.3 is 0 Å². The van der Waals surface area contributed by atoms with Crippen LogP contribution in [0.3, 0.4) is 0 Å². The Bertz CT molecular complexity index is 157. The molecule has 76 valence electrons. The summed E-state index contributed by atoms with van der Waals surface area (Å²) in [5, 5.41) is 0. The molecular weight excluding hydrogens is 164 g/mol. The van der Waals surface area contributed by atoms with Crippen LogP contribution in [-0.2, 0) is 9.53 Å². The number of hydrogen-bond acceptors (Lipinski definition) is 2. The van der Waals surface area contributed by atoms with Crippen molar-refractivity contribution in [1.82, 2.24) is 0 Å². The van der Waals surface area contributed by atoms with E-state index in [-0.39, 0.29) is 0 Å². The van der Waals surface area contributed by atoms with Gasteiger partial charge in [-0.25, -0.2) is 0 Å². The van der Waals surface area contributed by atoms with Gasteiger partial charge in [0, 0.05) is 6.61 Å². The van der Waals surface area contributed by atoms with Crippen molar-refractivity contribution < 1.29 is 9.53 Å². The summed E-state index contributed by atoms with van der Waals surface area (Å²) in [5.41, 5.74) is -0.430. The zero-order valence-electron chi connectivity index (χ0n) is 8.71. The van der Waals surface area contributed by atoms with Crippen molar-refractivity contribution >= 4 is 6.29 Å². The van der Waals surface area contributed by atoms with E-state index in [1.165, 1.54) is 6.42 Å². The lowest BCUT2D eigenvalue weighted by Gasteiger charge is -2.35. The van der Waals surface area contributed by atoms with Gasteiger partial charge in [-0.15, -0.1) is 0 Å². The first-order chi connectivity index (χ1) is 6.26. The van der Waals surface area contributed by atoms with E-state index >= 15 is 0 Å². The normalized spacial score (nSPS) is 34.5. The van der Waals surface area contributed by atoms with Crippen LogP contribution in [0, 0.1) is 5.92 Å². The molecule has 2 heteroatoms. The zero-order valence-corrected chi connectivity index (χ0v) is 8.71. The Morgan fingerprint density at radius 3 is 2.38 bits per heavy atom. The number of ether oxygens (including phenoxy) is 1. The molecule has 0 bridgehead atoms. The minimum absolute atomic E-state index is 0.430. The highest BCUT2D eigenvalue weighted by Crippen LogP contribution is 2.34. The van der Waals surface area contributed by atoms with Crippen molar-refractivity contribution in [2.75, 3.05) is 6.61 Å². The minimum Gasteiger partial charge on any atom is -0.368 e. The van der Waals surface area contributed by atoms with Crippen molar-refractivity contribution in [1.29, 1.82) is 0 Å². The summed E-state index contributed by atoms with van der Waals surface area (Å²) in [5.74, 6) is 0.813. The zero-order chi connectivity index (χ0) is 9.73. The van der Waals surface area contributed by atoms with E-state index in [4.69, 9.17) is 4.74 Å².